The van der Waals surface area contributed by atoms with Crippen molar-refractivity contribution in [1.82, 2.24) is 4.98 Å². The number of hydrogen-bond acceptors (Lipinski definition) is 4. The van der Waals surface area contributed by atoms with Gasteiger partial charge in [-0.1, -0.05) is 11.6 Å². The van der Waals surface area contributed by atoms with Crippen molar-refractivity contribution < 1.29 is 4.74 Å². The van der Waals surface area contributed by atoms with Crippen molar-refractivity contribution in [3.8, 4) is 0 Å². The fraction of sp³-hybridized carbons (Fsp3) is 0.545. The van der Waals surface area contributed by atoms with Crippen LogP contribution in [0.2, 0.25) is 5.15 Å². The first-order valence-corrected chi connectivity index (χ1v) is 5.86. The molecule has 4 nitrogen and oxygen atoms in total. The lowest BCUT2D eigenvalue weighted by Crippen LogP contribution is -2.11. The van der Waals surface area contributed by atoms with E-state index in [4.69, 9.17) is 22.1 Å². The zero-order valence-corrected chi connectivity index (χ0v) is 9.83. The van der Waals surface area contributed by atoms with E-state index in [-0.39, 0.29) is 0 Å². The number of anilines is 2. The zero-order chi connectivity index (χ0) is 11.4. The van der Waals surface area contributed by atoms with Gasteiger partial charge in [0.15, 0.2) is 0 Å². The van der Waals surface area contributed by atoms with E-state index < -0.39 is 0 Å². The highest BCUT2D eigenvalue weighted by atomic mass is 35.5. The summed E-state index contributed by atoms with van der Waals surface area (Å²) in [6.07, 6.45) is 2.64. The molecule has 0 aromatic carbocycles. The molecule has 1 heterocycles. The highest BCUT2D eigenvalue weighted by Gasteiger charge is 2.20. The molecule has 1 fully saturated rings. The van der Waals surface area contributed by atoms with E-state index in [1.807, 2.05) is 0 Å². The van der Waals surface area contributed by atoms with Gasteiger partial charge in [-0.2, -0.15) is 0 Å². The maximum Gasteiger partial charge on any atom is 0.133 e. The molecule has 0 spiro atoms. The molecule has 0 radical (unpaired) electrons. The second kappa shape index (κ2) is 5.37. The number of hydrogen-bond donors (Lipinski definition) is 2. The molecule has 88 valence electrons. The highest BCUT2D eigenvalue weighted by Crippen LogP contribution is 2.28. The van der Waals surface area contributed by atoms with Gasteiger partial charge in [0.2, 0.25) is 0 Å². The molecule has 0 unspecified atom stereocenters. The van der Waals surface area contributed by atoms with Crippen LogP contribution < -0.4 is 11.1 Å². The highest BCUT2D eigenvalue weighted by molar-refractivity contribution is 6.29. The Bertz CT molecular complexity index is 335. The Hall–Kier alpha value is -1.00. The van der Waals surface area contributed by atoms with Crippen LogP contribution in [0.1, 0.15) is 12.8 Å². The van der Waals surface area contributed by atoms with Crippen molar-refractivity contribution in [3.63, 3.8) is 0 Å². The maximum atomic E-state index is 5.78. The number of nitrogens with two attached hydrogens (primary N) is 1. The van der Waals surface area contributed by atoms with Gasteiger partial charge < -0.3 is 15.8 Å². The van der Waals surface area contributed by atoms with Crippen LogP contribution in [0.15, 0.2) is 12.1 Å². The summed E-state index contributed by atoms with van der Waals surface area (Å²) in [5.74, 6) is 1.50. The molecule has 1 saturated carbocycles. The molecule has 3 N–H and O–H groups in total. The van der Waals surface area contributed by atoms with E-state index in [0.29, 0.717) is 23.3 Å². The Morgan fingerprint density at radius 1 is 1.50 bits per heavy atom. The minimum absolute atomic E-state index is 0.404. The summed E-state index contributed by atoms with van der Waals surface area (Å²) in [4.78, 5) is 4.10. The lowest BCUT2D eigenvalue weighted by atomic mass is 10.4. The number of aromatic nitrogens is 1. The molecule has 0 bridgehead atoms. The first-order chi connectivity index (χ1) is 7.74. The summed E-state index contributed by atoms with van der Waals surface area (Å²) in [5, 5.41) is 3.52. The monoisotopic (exact) mass is 241 g/mol. The SMILES string of the molecule is Nc1cc(Cl)nc(NCCOCC2CC2)c1. The predicted octanol–water partition coefficient (Wildman–Crippen LogP) is 2.16. The maximum absolute atomic E-state index is 5.78. The predicted molar refractivity (Wildman–Crippen MR) is 65.7 cm³/mol. The molecule has 0 amide bonds. The minimum Gasteiger partial charge on any atom is -0.399 e. The van der Waals surface area contributed by atoms with Crippen LogP contribution in [0.5, 0.6) is 0 Å². The number of halogens is 1. The minimum atomic E-state index is 0.404. The van der Waals surface area contributed by atoms with Crippen LogP contribution in [-0.2, 0) is 4.74 Å². The summed E-state index contributed by atoms with van der Waals surface area (Å²) in [5.41, 5.74) is 6.25. The van der Waals surface area contributed by atoms with Gasteiger partial charge in [0.05, 0.1) is 6.61 Å². The second-order valence-corrected chi connectivity index (χ2v) is 4.44. The van der Waals surface area contributed by atoms with Gasteiger partial charge >= 0.3 is 0 Å². The van der Waals surface area contributed by atoms with Gasteiger partial charge in [-0.05, 0) is 24.8 Å². The first-order valence-electron chi connectivity index (χ1n) is 5.49. The third-order valence-electron chi connectivity index (χ3n) is 2.42. The van der Waals surface area contributed by atoms with Crippen LogP contribution in [0.25, 0.3) is 0 Å². The molecule has 1 aliphatic carbocycles. The second-order valence-electron chi connectivity index (χ2n) is 4.05. The summed E-state index contributed by atoms with van der Waals surface area (Å²) in [7, 11) is 0. The smallest absolute Gasteiger partial charge is 0.133 e. The summed E-state index contributed by atoms with van der Waals surface area (Å²) >= 11 is 5.78. The molecule has 1 aromatic rings. The molecule has 2 rings (SSSR count). The van der Waals surface area contributed by atoms with E-state index in [9.17, 15) is 0 Å². The molecule has 1 aliphatic rings. The number of ether oxygens (including phenoxy) is 1. The largest absolute Gasteiger partial charge is 0.399 e. The molecule has 0 saturated heterocycles. The Morgan fingerprint density at radius 3 is 3.00 bits per heavy atom. The normalized spacial score (nSPS) is 15.1. The topological polar surface area (TPSA) is 60.2 Å². The third kappa shape index (κ3) is 3.87. The number of nitrogens with one attached hydrogen (secondary N) is 1. The van der Waals surface area contributed by atoms with Crippen LogP contribution in [-0.4, -0.2) is 24.7 Å². The fourth-order valence-electron chi connectivity index (χ4n) is 1.39. The van der Waals surface area contributed by atoms with Crippen LogP contribution in [0.3, 0.4) is 0 Å². The summed E-state index contributed by atoms with van der Waals surface area (Å²) < 4.78 is 5.49. The van der Waals surface area contributed by atoms with Crippen molar-refractivity contribution >= 4 is 23.1 Å². The van der Waals surface area contributed by atoms with Crippen LogP contribution in [0.4, 0.5) is 11.5 Å². The van der Waals surface area contributed by atoms with Crippen LogP contribution >= 0.6 is 11.6 Å². The lowest BCUT2D eigenvalue weighted by molar-refractivity contribution is 0.134. The number of rotatable bonds is 6. The Labute approximate surface area is 100 Å². The number of nitrogens with zero attached hydrogens (tertiary/aromatic N) is 1. The number of pyridine rings is 1. The van der Waals surface area contributed by atoms with Gasteiger partial charge in [-0.15, -0.1) is 0 Å². The molecule has 5 heteroatoms. The van der Waals surface area contributed by atoms with Gasteiger partial charge in [0, 0.05) is 24.9 Å². The zero-order valence-electron chi connectivity index (χ0n) is 9.08. The third-order valence-corrected chi connectivity index (χ3v) is 2.61. The van der Waals surface area contributed by atoms with Crippen molar-refractivity contribution in [3.05, 3.63) is 17.3 Å². The summed E-state index contributed by atoms with van der Waals surface area (Å²) in [6.45, 7) is 2.29. The Morgan fingerprint density at radius 2 is 2.31 bits per heavy atom. The average Bonchev–Trinajstić information content (AvgIpc) is 2.99. The Balaban J connectivity index is 1.67. The molecular weight excluding hydrogens is 226 g/mol. The molecular formula is C11H16ClN3O. The van der Waals surface area contributed by atoms with Gasteiger partial charge in [-0.25, -0.2) is 4.98 Å². The average molecular weight is 242 g/mol. The van der Waals surface area contributed by atoms with E-state index in [1.54, 1.807) is 12.1 Å². The van der Waals surface area contributed by atoms with Gasteiger partial charge in [0.25, 0.3) is 0 Å². The quantitative estimate of drug-likeness (QED) is 0.592. The van der Waals surface area contributed by atoms with Gasteiger partial charge in [-0.3, -0.25) is 0 Å². The van der Waals surface area contributed by atoms with Gasteiger partial charge in [0.1, 0.15) is 11.0 Å². The van der Waals surface area contributed by atoms with Crippen molar-refractivity contribution in [1.29, 1.82) is 0 Å². The van der Waals surface area contributed by atoms with Crippen LogP contribution in [0, 0.1) is 5.92 Å². The van der Waals surface area contributed by atoms with E-state index in [1.165, 1.54) is 12.8 Å². The van der Waals surface area contributed by atoms with Crippen molar-refractivity contribution in [2.45, 2.75) is 12.8 Å². The fourth-order valence-corrected chi connectivity index (χ4v) is 1.61. The van der Waals surface area contributed by atoms with Crippen molar-refractivity contribution in [2.75, 3.05) is 30.8 Å². The lowest BCUT2D eigenvalue weighted by Gasteiger charge is -2.07. The summed E-state index contributed by atoms with van der Waals surface area (Å²) in [6, 6.07) is 3.38. The van der Waals surface area contributed by atoms with E-state index in [2.05, 4.69) is 10.3 Å². The molecule has 16 heavy (non-hydrogen) atoms. The first kappa shape index (κ1) is 11.5. The van der Waals surface area contributed by atoms with Crippen molar-refractivity contribution in [2.24, 2.45) is 5.92 Å². The van der Waals surface area contributed by atoms with E-state index in [0.717, 1.165) is 19.1 Å². The Kier molecular flexibility index (Phi) is 3.85. The molecule has 0 aliphatic heterocycles. The number of nitrogen functional groups attached to an aromatic ring is 1. The standard InChI is InChI=1S/C11H16ClN3O/c12-10-5-9(13)6-11(15-10)14-3-4-16-7-8-1-2-8/h5-6,8H,1-4,7H2,(H3,13,14,15). The van der Waals surface area contributed by atoms with E-state index >= 15 is 0 Å². The molecule has 0 atom stereocenters. The molecule has 1 aromatic heterocycles.